The Balaban J connectivity index is 1.96. The molecule has 0 saturated carbocycles. The van der Waals surface area contributed by atoms with Crippen molar-refractivity contribution >= 4 is 10.9 Å². The van der Waals surface area contributed by atoms with E-state index in [0.717, 1.165) is 23.2 Å². The second kappa shape index (κ2) is 5.85. The molecule has 0 fully saturated rings. The third-order valence-electron chi connectivity index (χ3n) is 3.29. The molecule has 0 aliphatic rings. The van der Waals surface area contributed by atoms with Crippen LogP contribution in [0, 0.1) is 0 Å². The Morgan fingerprint density at radius 3 is 2.52 bits per heavy atom. The van der Waals surface area contributed by atoms with Crippen molar-refractivity contribution in [1.29, 1.82) is 0 Å². The van der Waals surface area contributed by atoms with Crippen LogP contribution in [0.4, 0.5) is 13.2 Å². The highest BCUT2D eigenvalue weighted by molar-refractivity contribution is 5.87. The van der Waals surface area contributed by atoms with Gasteiger partial charge in [0.05, 0.1) is 11.7 Å². The summed E-state index contributed by atoms with van der Waals surface area (Å²) in [6.07, 6.45) is -1.79. The van der Waals surface area contributed by atoms with Crippen molar-refractivity contribution in [3.8, 4) is 11.5 Å². The van der Waals surface area contributed by atoms with Gasteiger partial charge in [-0.15, -0.1) is 0 Å². The van der Waals surface area contributed by atoms with Gasteiger partial charge in [-0.3, -0.25) is 4.98 Å². The minimum absolute atomic E-state index is 0.212. The molecule has 2 N–H and O–H groups in total. The van der Waals surface area contributed by atoms with Crippen LogP contribution in [0.1, 0.15) is 11.3 Å². The number of hydrogen-bond donors (Lipinski definition) is 1. The fourth-order valence-electron chi connectivity index (χ4n) is 2.19. The van der Waals surface area contributed by atoms with E-state index >= 15 is 0 Å². The van der Waals surface area contributed by atoms with Crippen LogP contribution < -0.4 is 10.5 Å². The average Bonchev–Trinajstić information content (AvgIpc) is 2.55. The molecular weight excluding hydrogens is 307 g/mol. The zero-order valence-corrected chi connectivity index (χ0v) is 11.8. The quantitative estimate of drug-likeness (QED) is 0.795. The van der Waals surface area contributed by atoms with E-state index in [2.05, 4.69) is 9.97 Å². The van der Waals surface area contributed by atoms with E-state index in [4.69, 9.17) is 10.5 Å². The van der Waals surface area contributed by atoms with Gasteiger partial charge in [0.15, 0.2) is 0 Å². The molecule has 7 heteroatoms. The van der Waals surface area contributed by atoms with Crippen LogP contribution in [0.3, 0.4) is 0 Å². The Kier molecular flexibility index (Phi) is 3.87. The van der Waals surface area contributed by atoms with Gasteiger partial charge < -0.3 is 10.5 Å². The van der Waals surface area contributed by atoms with Gasteiger partial charge in [-0.25, -0.2) is 4.98 Å². The Labute approximate surface area is 129 Å². The van der Waals surface area contributed by atoms with E-state index in [1.165, 1.54) is 6.07 Å². The molecule has 3 aromatic rings. The molecule has 0 atom stereocenters. The van der Waals surface area contributed by atoms with Crippen LogP contribution in [0.2, 0.25) is 0 Å². The fraction of sp³-hybridized carbons (Fsp3) is 0.125. The lowest BCUT2D eigenvalue weighted by molar-refractivity contribution is -0.141. The highest BCUT2D eigenvalue weighted by Gasteiger charge is 2.32. The highest BCUT2D eigenvalue weighted by atomic mass is 19.4. The number of ether oxygens (including phenoxy) is 1. The van der Waals surface area contributed by atoms with E-state index in [1.807, 2.05) is 6.07 Å². The van der Waals surface area contributed by atoms with Crippen molar-refractivity contribution in [3.05, 3.63) is 60.0 Å². The Morgan fingerprint density at radius 2 is 1.87 bits per heavy atom. The fourth-order valence-corrected chi connectivity index (χ4v) is 2.19. The molecular formula is C16H12F3N3O. The number of hydrogen-bond acceptors (Lipinski definition) is 4. The zero-order chi connectivity index (χ0) is 16.4. The second-order valence-electron chi connectivity index (χ2n) is 4.81. The van der Waals surface area contributed by atoms with Crippen LogP contribution in [-0.4, -0.2) is 9.97 Å². The van der Waals surface area contributed by atoms with E-state index in [0.29, 0.717) is 17.8 Å². The predicted molar refractivity (Wildman–Crippen MR) is 78.9 cm³/mol. The second-order valence-corrected chi connectivity index (χ2v) is 4.81. The first kappa shape index (κ1) is 15.2. The monoisotopic (exact) mass is 319 g/mol. The van der Waals surface area contributed by atoms with Crippen molar-refractivity contribution in [2.24, 2.45) is 5.73 Å². The normalized spacial score (nSPS) is 11.7. The van der Waals surface area contributed by atoms with Gasteiger partial charge in [0.2, 0.25) is 0 Å². The van der Waals surface area contributed by atoms with Gasteiger partial charge in [-0.1, -0.05) is 6.07 Å². The van der Waals surface area contributed by atoms with Crippen LogP contribution in [0.5, 0.6) is 11.5 Å². The predicted octanol–water partition coefficient (Wildman–Crippen LogP) is 3.90. The number of aromatic nitrogens is 2. The number of fused-ring (bicyclic) bond motifs is 1. The van der Waals surface area contributed by atoms with Crippen LogP contribution in [0.25, 0.3) is 10.9 Å². The minimum Gasteiger partial charge on any atom is -0.455 e. The zero-order valence-electron chi connectivity index (χ0n) is 11.8. The number of nitrogens with zero attached hydrogens (tertiary/aromatic N) is 2. The number of benzene rings is 1. The summed E-state index contributed by atoms with van der Waals surface area (Å²) in [5, 5.41) is 0.732. The highest BCUT2D eigenvalue weighted by Crippen LogP contribution is 2.32. The maximum atomic E-state index is 12.5. The lowest BCUT2D eigenvalue weighted by Crippen LogP contribution is -2.07. The number of nitrogens with two attached hydrogens (primary N) is 1. The van der Waals surface area contributed by atoms with Gasteiger partial charge in [-0.2, -0.15) is 13.2 Å². The summed E-state index contributed by atoms with van der Waals surface area (Å²) in [4.78, 5) is 7.65. The smallest absolute Gasteiger partial charge is 0.433 e. The number of rotatable bonds is 3. The summed E-state index contributed by atoms with van der Waals surface area (Å²) in [6.45, 7) is 0.329. The molecule has 3 rings (SSSR count). The summed E-state index contributed by atoms with van der Waals surface area (Å²) >= 11 is 0. The SMILES string of the molecule is NCc1ccc(Oc2ccc(C(F)(F)F)nc2)c2cccnc12. The lowest BCUT2D eigenvalue weighted by atomic mass is 10.1. The average molecular weight is 319 g/mol. The Morgan fingerprint density at radius 1 is 1.04 bits per heavy atom. The van der Waals surface area contributed by atoms with Crippen molar-refractivity contribution in [2.45, 2.75) is 12.7 Å². The summed E-state index contributed by atoms with van der Waals surface area (Å²) in [7, 11) is 0. The van der Waals surface area contributed by atoms with Gasteiger partial charge in [0.1, 0.15) is 17.2 Å². The Bertz CT molecular complexity index is 832. The molecule has 4 nitrogen and oxygen atoms in total. The third-order valence-corrected chi connectivity index (χ3v) is 3.29. The molecule has 0 aliphatic heterocycles. The van der Waals surface area contributed by atoms with E-state index in [9.17, 15) is 13.2 Å². The van der Waals surface area contributed by atoms with Crippen molar-refractivity contribution in [2.75, 3.05) is 0 Å². The third kappa shape index (κ3) is 3.09. The largest absolute Gasteiger partial charge is 0.455 e. The Hall–Kier alpha value is -2.67. The van der Waals surface area contributed by atoms with Gasteiger partial charge in [0, 0.05) is 18.1 Å². The molecule has 0 unspecified atom stereocenters. The molecule has 2 aromatic heterocycles. The molecule has 0 radical (unpaired) electrons. The van der Waals surface area contributed by atoms with Gasteiger partial charge in [0.25, 0.3) is 0 Å². The number of halogens is 3. The summed E-state index contributed by atoms with van der Waals surface area (Å²) in [5.41, 5.74) is 6.28. The number of pyridine rings is 2. The first-order valence-electron chi connectivity index (χ1n) is 6.77. The standard InChI is InChI=1S/C16H12F3N3O/c17-16(18,19)14-6-4-11(9-22-14)23-13-5-3-10(8-20)15-12(13)2-1-7-21-15/h1-7,9H,8,20H2. The summed E-state index contributed by atoms with van der Waals surface area (Å²) < 4.78 is 43.2. The van der Waals surface area contributed by atoms with E-state index < -0.39 is 11.9 Å². The summed E-state index contributed by atoms with van der Waals surface area (Å²) in [5.74, 6) is 0.690. The molecule has 2 heterocycles. The molecule has 0 saturated heterocycles. The van der Waals surface area contributed by atoms with Crippen LogP contribution >= 0.6 is 0 Å². The maximum Gasteiger partial charge on any atom is 0.433 e. The molecule has 1 aromatic carbocycles. The maximum absolute atomic E-state index is 12.5. The lowest BCUT2D eigenvalue weighted by Gasteiger charge is -2.11. The molecule has 0 spiro atoms. The van der Waals surface area contributed by atoms with Crippen molar-refractivity contribution in [3.63, 3.8) is 0 Å². The molecule has 0 aliphatic carbocycles. The van der Waals surface area contributed by atoms with Crippen molar-refractivity contribution in [1.82, 2.24) is 9.97 Å². The molecule has 23 heavy (non-hydrogen) atoms. The summed E-state index contributed by atoms with van der Waals surface area (Å²) in [6, 6.07) is 9.17. The first-order chi connectivity index (χ1) is 11.0. The molecule has 0 bridgehead atoms. The van der Waals surface area contributed by atoms with Crippen molar-refractivity contribution < 1.29 is 17.9 Å². The topological polar surface area (TPSA) is 61.0 Å². The van der Waals surface area contributed by atoms with Crippen LogP contribution in [0.15, 0.2) is 48.8 Å². The van der Waals surface area contributed by atoms with Crippen LogP contribution in [-0.2, 0) is 12.7 Å². The van der Waals surface area contributed by atoms with E-state index in [-0.39, 0.29) is 5.75 Å². The van der Waals surface area contributed by atoms with Gasteiger partial charge >= 0.3 is 6.18 Å². The molecule has 118 valence electrons. The number of alkyl halides is 3. The van der Waals surface area contributed by atoms with Gasteiger partial charge in [-0.05, 0) is 35.9 Å². The molecule has 0 amide bonds. The minimum atomic E-state index is -4.47. The van der Waals surface area contributed by atoms with E-state index in [1.54, 1.807) is 24.4 Å². The first-order valence-corrected chi connectivity index (χ1v) is 6.77.